The summed E-state index contributed by atoms with van der Waals surface area (Å²) in [7, 11) is 0. The van der Waals surface area contributed by atoms with Gasteiger partial charge in [0, 0.05) is 18.7 Å². The molecule has 0 aliphatic heterocycles. The fourth-order valence-corrected chi connectivity index (χ4v) is 3.05. The zero-order valence-corrected chi connectivity index (χ0v) is 14.8. The van der Waals surface area contributed by atoms with Gasteiger partial charge in [-0.05, 0) is 36.5 Å². The van der Waals surface area contributed by atoms with E-state index in [1.165, 1.54) is 13.3 Å². The average Bonchev–Trinajstić information content (AvgIpc) is 2.56. The molecule has 25 heavy (non-hydrogen) atoms. The van der Waals surface area contributed by atoms with E-state index in [4.69, 9.17) is 4.74 Å². The van der Waals surface area contributed by atoms with E-state index in [0.717, 1.165) is 24.8 Å². The largest absolute Gasteiger partial charge is 0.455 e. The van der Waals surface area contributed by atoms with E-state index in [1.54, 1.807) is 24.3 Å². The molecule has 136 valence electrons. The standard InChI is InChI=1S/C19H26N2O4/c1-13-5-3-4-6-17(13)21-18(23)12-25-19(24)11-15-7-9-16(10-8-15)20-14(2)22/h7-10,13,17H,3-6,11-12H2,1-2H3,(H,20,22)(H,21,23)/t13-,17-/m0/s1. The number of ether oxygens (including phenoxy) is 1. The fourth-order valence-electron chi connectivity index (χ4n) is 3.05. The Labute approximate surface area is 148 Å². The summed E-state index contributed by atoms with van der Waals surface area (Å²) in [6, 6.07) is 7.12. The Balaban J connectivity index is 1.72. The Morgan fingerprint density at radius 3 is 2.44 bits per heavy atom. The quantitative estimate of drug-likeness (QED) is 0.775. The molecule has 2 rings (SSSR count). The zero-order chi connectivity index (χ0) is 18.2. The lowest BCUT2D eigenvalue weighted by atomic mass is 9.86. The SMILES string of the molecule is CC(=O)Nc1ccc(CC(=O)OCC(=O)N[C@H]2CCCC[C@@H]2C)cc1. The van der Waals surface area contributed by atoms with Gasteiger partial charge in [0.25, 0.3) is 5.91 Å². The Hall–Kier alpha value is -2.37. The number of anilines is 1. The summed E-state index contributed by atoms with van der Waals surface area (Å²) in [5, 5.41) is 5.62. The minimum Gasteiger partial charge on any atom is -0.455 e. The number of rotatable bonds is 6. The summed E-state index contributed by atoms with van der Waals surface area (Å²) < 4.78 is 5.06. The molecule has 1 aliphatic rings. The van der Waals surface area contributed by atoms with Crippen LogP contribution in [0.15, 0.2) is 24.3 Å². The maximum atomic E-state index is 11.9. The molecule has 2 atom stereocenters. The first kappa shape index (κ1) is 19.0. The van der Waals surface area contributed by atoms with Gasteiger partial charge in [-0.2, -0.15) is 0 Å². The average molecular weight is 346 g/mol. The van der Waals surface area contributed by atoms with Crippen LogP contribution in [0.1, 0.15) is 45.1 Å². The minimum atomic E-state index is -0.445. The van der Waals surface area contributed by atoms with Crippen molar-refractivity contribution in [3.05, 3.63) is 29.8 Å². The lowest BCUT2D eigenvalue weighted by Crippen LogP contribution is -2.42. The molecule has 1 aromatic rings. The van der Waals surface area contributed by atoms with Gasteiger partial charge in [-0.25, -0.2) is 0 Å². The van der Waals surface area contributed by atoms with E-state index < -0.39 is 5.97 Å². The van der Waals surface area contributed by atoms with Gasteiger partial charge >= 0.3 is 5.97 Å². The van der Waals surface area contributed by atoms with Crippen LogP contribution in [-0.2, 0) is 25.5 Å². The first-order chi connectivity index (χ1) is 11.9. The molecule has 0 heterocycles. The summed E-state index contributed by atoms with van der Waals surface area (Å²) in [5.41, 5.74) is 1.44. The number of benzene rings is 1. The van der Waals surface area contributed by atoms with Crippen LogP contribution in [0.2, 0.25) is 0 Å². The van der Waals surface area contributed by atoms with E-state index in [2.05, 4.69) is 17.6 Å². The van der Waals surface area contributed by atoms with Crippen molar-refractivity contribution in [3.8, 4) is 0 Å². The Bertz CT molecular complexity index is 612. The highest BCUT2D eigenvalue weighted by Gasteiger charge is 2.23. The van der Waals surface area contributed by atoms with E-state index >= 15 is 0 Å². The third kappa shape index (κ3) is 6.57. The molecule has 0 spiro atoms. The highest BCUT2D eigenvalue weighted by atomic mass is 16.5. The van der Waals surface area contributed by atoms with Crippen molar-refractivity contribution >= 4 is 23.5 Å². The Kier molecular flexibility index (Phi) is 6.98. The molecule has 2 amide bonds. The van der Waals surface area contributed by atoms with E-state index in [9.17, 15) is 14.4 Å². The summed E-state index contributed by atoms with van der Waals surface area (Å²) >= 11 is 0. The van der Waals surface area contributed by atoms with Gasteiger partial charge in [0.05, 0.1) is 6.42 Å². The first-order valence-electron chi connectivity index (χ1n) is 8.75. The molecule has 0 unspecified atom stereocenters. The number of esters is 1. The Morgan fingerprint density at radius 1 is 1.12 bits per heavy atom. The van der Waals surface area contributed by atoms with Crippen molar-refractivity contribution < 1.29 is 19.1 Å². The zero-order valence-electron chi connectivity index (χ0n) is 14.8. The highest BCUT2D eigenvalue weighted by Crippen LogP contribution is 2.23. The monoisotopic (exact) mass is 346 g/mol. The van der Waals surface area contributed by atoms with Crippen LogP contribution in [0.25, 0.3) is 0 Å². The topological polar surface area (TPSA) is 84.5 Å². The Morgan fingerprint density at radius 2 is 1.80 bits per heavy atom. The molecule has 2 N–H and O–H groups in total. The van der Waals surface area contributed by atoms with Crippen LogP contribution in [0.3, 0.4) is 0 Å². The molecule has 6 nitrogen and oxygen atoms in total. The molecule has 0 bridgehead atoms. The second-order valence-electron chi connectivity index (χ2n) is 6.65. The summed E-state index contributed by atoms with van der Waals surface area (Å²) in [5.74, 6) is -0.367. The van der Waals surface area contributed by atoms with Crippen LogP contribution in [0.4, 0.5) is 5.69 Å². The molecular weight excluding hydrogens is 320 g/mol. The van der Waals surface area contributed by atoms with Crippen LogP contribution in [-0.4, -0.2) is 30.4 Å². The molecule has 1 saturated carbocycles. The number of carbonyl (C=O) groups is 3. The van der Waals surface area contributed by atoms with E-state index in [-0.39, 0.29) is 30.9 Å². The maximum absolute atomic E-state index is 11.9. The predicted molar refractivity (Wildman–Crippen MR) is 95.0 cm³/mol. The van der Waals surface area contributed by atoms with Crippen molar-refractivity contribution in [1.29, 1.82) is 0 Å². The van der Waals surface area contributed by atoms with Crippen LogP contribution >= 0.6 is 0 Å². The van der Waals surface area contributed by atoms with Gasteiger partial charge < -0.3 is 15.4 Å². The number of hydrogen-bond acceptors (Lipinski definition) is 4. The van der Waals surface area contributed by atoms with Crippen molar-refractivity contribution in [1.82, 2.24) is 5.32 Å². The highest BCUT2D eigenvalue weighted by molar-refractivity contribution is 5.88. The summed E-state index contributed by atoms with van der Waals surface area (Å²) in [4.78, 5) is 34.8. The number of carbonyl (C=O) groups excluding carboxylic acids is 3. The van der Waals surface area contributed by atoms with Crippen LogP contribution in [0.5, 0.6) is 0 Å². The molecule has 0 radical (unpaired) electrons. The van der Waals surface area contributed by atoms with Gasteiger partial charge in [-0.1, -0.05) is 31.9 Å². The summed E-state index contributed by atoms with van der Waals surface area (Å²) in [6.45, 7) is 3.33. The van der Waals surface area contributed by atoms with Crippen molar-refractivity contribution in [3.63, 3.8) is 0 Å². The maximum Gasteiger partial charge on any atom is 0.310 e. The lowest BCUT2D eigenvalue weighted by molar-refractivity contribution is -0.148. The second-order valence-corrected chi connectivity index (χ2v) is 6.65. The molecule has 1 aliphatic carbocycles. The molecule has 1 aromatic carbocycles. The van der Waals surface area contributed by atoms with Gasteiger partial charge in [0.2, 0.25) is 5.91 Å². The molecule has 1 fully saturated rings. The van der Waals surface area contributed by atoms with Gasteiger partial charge in [-0.3, -0.25) is 14.4 Å². The van der Waals surface area contributed by atoms with E-state index in [1.807, 2.05) is 0 Å². The molecule has 0 aromatic heterocycles. The molecule has 0 saturated heterocycles. The fraction of sp³-hybridized carbons (Fsp3) is 0.526. The van der Waals surface area contributed by atoms with E-state index in [0.29, 0.717) is 11.6 Å². The van der Waals surface area contributed by atoms with Gasteiger partial charge in [0.1, 0.15) is 0 Å². The molecule has 6 heteroatoms. The second kappa shape index (κ2) is 9.20. The van der Waals surface area contributed by atoms with Crippen molar-refractivity contribution in [2.45, 2.75) is 52.0 Å². The van der Waals surface area contributed by atoms with Crippen molar-refractivity contribution in [2.75, 3.05) is 11.9 Å². The predicted octanol–water partition coefficient (Wildman–Crippen LogP) is 2.43. The number of nitrogens with one attached hydrogen (secondary N) is 2. The molecular formula is C19H26N2O4. The third-order valence-corrected chi connectivity index (χ3v) is 4.44. The van der Waals surface area contributed by atoms with Gasteiger partial charge in [-0.15, -0.1) is 0 Å². The normalized spacial score (nSPS) is 19.8. The van der Waals surface area contributed by atoms with Gasteiger partial charge in [0.15, 0.2) is 6.61 Å². The number of hydrogen-bond donors (Lipinski definition) is 2. The van der Waals surface area contributed by atoms with Crippen molar-refractivity contribution in [2.24, 2.45) is 5.92 Å². The summed E-state index contributed by atoms with van der Waals surface area (Å²) in [6.07, 6.45) is 4.54. The number of amides is 2. The third-order valence-electron chi connectivity index (χ3n) is 4.44. The lowest BCUT2D eigenvalue weighted by Gasteiger charge is -2.29. The first-order valence-corrected chi connectivity index (χ1v) is 8.75. The van der Waals surface area contributed by atoms with Crippen LogP contribution < -0.4 is 10.6 Å². The van der Waals surface area contributed by atoms with Crippen LogP contribution in [0, 0.1) is 5.92 Å². The minimum absolute atomic E-state index is 0.0907. The smallest absolute Gasteiger partial charge is 0.310 e.